The van der Waals surface area contributed by atoms with Gasteiger partial charge in [0, 0.05) is 30.4 Å². The molecule has 3 N–H and O–H groups in total. The summed E-state index contributed by atoms with van der Waals surface area (Å²) in [6.45, 7) is 8.59. The highest BCUT2D eigenvalue weighted by atomic mass is 32.2. The van der Waals surface area contributed by atoms with Gasteiger partial charge in [0.15, 0.2) is 5.82 Å². The smallest absolute Gasteiger partial charge is 0.410 e. The van der Waals surface area contributed by atoms with Crippen LogP contribution < -0.4 is 10.5 Å². The molecule has 1 saturated heterocycles. The van der Waals surface area contributed by atoms with Crippen molar-refractivity contribution in [2.45, 2.75) is 58.5 Å². The number of amides is 1. The number of nitrogens with two attached hydrogens (primary N) is 1. The first kappa shape index (κ1) is 32.3. The summed E-state index contributed by atoms with van der Waals surface area (Å²) >= 11 is 1.33. The van der Waals surface area contributed by atoms with Gasteiger partial charge in [0.1, 0.15) is 10.6 Å². The summed E-state index contributed by atoms with van der Waals surface area (Å²) in [5.74, 6) is -0.484. The Bertz CT molecular complexity index is 1780. The molecular formula is C32H37FN6O4S2. The van der Waals surface area contributed by atoms with Crippen LogP contribution in [0.25, 0.3) is 32.4 Å². The average Bonchev–Trinajstić information content (AvgIpc) is 3.43. The van der Waals surface area contributed by atoms with Gasteiger partial charge in [-0.25, -0.2) is 32.6 Å². The van der Waals surface area contributed by atoms with E-state index in [0.717, 1.165) is 18.4 Å². The Morgan fingerprint density at radius 3 is 2.47 bits per heavy atom. The van der Waals surface area contributed by atoms with Crippen LogP contribution in [0, 0.1) is 5.82 Å². The number of anilines is 2. The second-order valence-corrected chi connectivity index (χ2v) is 14.8. The lowest BCUT2D eigenvalue weighted by molar-refractivity contribution is 0.0205. The Morgan fingerprint density at radius 1 is 1.11 bits per heavy atom. The quantitative estimate of drug-likeness (QED) is 0.209. The van der Waals surface area contributed by atoms with Crippen molar-refractivity contribution in [2.75, 3.05) is 29.3 Å². The molecule has 0 saturated carbocycles. The van der Waals surface area contributed by atoms with Crippen molar-refractivity contribution >= 4 is 39.1 Å². The minimum atomic E-state index is -3.71. The van der Waals surface area contributed by atoms with Crippen LogP contribution in [0.1, 0.15) is 58.4 Å². The molecule has 0 aliphatic carbocycles. The summed E-state index contributed by atoms with van der Waals surface area (Å²) < 4.78 is 48.6. The summed E-state index contributed by atoms with van der Waals surface area (Å²) in [5, 5.41) is 0.639. The predicted octanol–water partition coefficient (Wildman–Crippen LogP) is 6.92. The Balaban J connectivity index is 1.43. The Hall–Kier alpha value is -4.10. The first-order chi connectivity index (χ1) is 21.3. The second-order valence-electron chi connectivity index (χ2n) is 11.9. The maximum atomic E-state index is 15.9. The number of thiazole rings is 1. The van der Waals surface area contributed by atoms with Gasteiger partial charge in [-0.05, 0) is 69.7 Å². The van der Waals surface area contributed by atoms with Gasteiger partial charge >= 0.3 is 6.09 Å². The van der Waals surface area contributed by atoms with Crippen molar-refractivity contribution < 1.29 is 22.3 Å². The molecule has 4 aromatic rings. The van der Waals surface area contributed by atoms with Gasteiger partial charge in [-0.1, -0.05) is 37.3 Å². The highest BCUT2D eigenvalue weighted by molar-refractivity contribution is 7.92. The highest BCUT2D eigenvalue weighted by Crippen LogP contribution is 2.42. The molecule has 13 heteroatoms. The van der Waals surface area contributed by atoms with Gasteiger partial charge in [0.05, 0.1) is 27.7 Å². The van der Waals surface area contributed by atoms with E-state index in [1.807, 2.05) is 32.9 Å². The minimum absolute atomic E-state index is 0.0667. The van der Waals surface area contributed by atoms with Crippen molar-refractivity contribution in [3.63, 3.8) is 0 Å². The van der Waals surface area contributed by atoms with Crippen LogP contribution in [-0.2, 0) is 14.8 Å². The number of ether oxygens (including phenoxy) is 1. The Morgan fingerprint density at radius 2 is 1.82 bits per heavy atom. The normalized spacial score (nSPS) is 14.4. The van der Waals surface area contributed by atoms with Crippen LogP contribution in [0.2, 0.25) is 0 Å². The number of nitrogen functional groups attached to an aromatic ring is 1. The topological polar surface area (TPSA) is 140 Å². The van der Waals surface area contributed by atoms with Gasteiger partial charge in [0.2, 0.25) is 16.0 Å². The molecule has 45 heavy (non-hydrogen) atoms. The van der Waals surface area contributed by atoms with E-state index >= 15 is 4.39 Å². The number of piperidine rings is 1. The fourth-order valence-corrected chi connectivity index (χ4v) is 7.39. The van der Waals surface area contributed by atoms with Crippen LogP contribution >= 0.6 is 11.3 Å². The maximum absolute atomic E-state index is 15.9. The second kappa shape index (κ2) is 13.1. The molecule has 1 amide bonds. The number of hydrogen-bond acceptors (Lipinski definition) is 9. The van der Waals surface area contributed by atoms with Crippen LogP contribution in [0.4, 0.5) is 20.8 Å². The van der Waals surface area contributed by atoms with Gasteiger partial charge in [-0.2, -0.15) is 0 Å². The van der Waals surface area contributed by atoms with E-state index in [1.54, 1.807) is 30.0 Å². The third-order valence-electron chi connectivity index (χ3n) is 7.30. The standard InChI is InChI=1S/C32H37FN6O4S2/c1-5-19-45(41,42)38-24-8-6-7-23(26(24)33)27-28(25-13-16-35-30(34)36-25)44-29(37-27)22-11-9-20(10-12-22)21-14-17-39(18-15-21)31(40)43-32(2,3)4/h6-13,16,21,38H,5,14-15,17-19H2,1-4H3,(H2,34,35,36). The third kappa shape index (κ3) is 7.77. The number of carbonyl (C=O) groups excluding carboxylic acids is 1. The molecule has 1 aliphatic heterocycles. The van der Waals surface area contributed by atoms with Crippen LogP contribution in [-0.4, -0.2) is 58.8 Å². The van der Waals surface area contributed by atoms with E-state index in [9.17, 15) is 13.2 Å². The molecule has 10 nitrogen and oxygen atoms in total. The molecule has 0 radical (unpaired) electrons. The molecule has 2 aromatic heterocycles. The number of halogens is 1. The SMILES string of the molecule is CCCS(=O)(=O)Nc1cccc(-c2nc(-c3ccc(C4CCN(C(=O)OC(C)(C)C)CC4)cc3)sc2-c2ccnc(N)n2)c1F. The van der Waals surface area contributed by atoms with E-state index in [-0.39, 0.29) is 29.0 Å². The third-order valence-corrected chi connectivity index (χ3v) is 9.91. The molecule has 5 rings (SSSR count). The largest absolute Gasteiger partial charge is 0.444 e. The number of benzene rings is 2. The van der Waals surface area contributed by atoms with Gasteiger partial charge in [0.25, 0.3) is 0 Å². The molecule has 1 aliphatic rings. The van der Waals surface area contributed by atoms with Crippen LogP contribution in [0.5, 0.6) is 0 Å². The molecule has 3 heterocycles. The van der Waals surface area contributed by atoms with Crippen molar-refractivity contribution in [1.82, 2.24) is 19.9 Å². The monoisotopic (exact) mass is 652 g/mol. The number of nitrogens with zero attached hydrogens (tertiary/aromatic N) is 4. The predicted molar refractivity (Wildman–Crippen MR) is 176 cm³/mol. The first-order valence-electron chi connectivity index (χ1n) is 14.8. The molecule has 2 aromatic carbocycles. The van der Waals surface area contributed by atoms with E-state index in [4.69, 9.17) is 15.5 Å². The van der Waals surface area contributed by atoms with E-state index in [1.165, 1.54) is 29.2 Å². The van der Waals surface area contributed by atoms with Gasteiger partial charge in [-0.15, -0.1) is 11.3 Å². The molecule has 0 spiro atoms. The average molecular weight is 653 g/mol. The fraction of sp³-hybridized carbons (Fsp3) is 0.375. The molecular weight excluding hydrogens is 616 g/mol. The van der Waals surface area contributed by atoms with Crippen molar-refractivity contribution in [3.8, 4) is 32.4 Å². The lowest BCUT2D eigenvalue weighted by Gasteiger charge is -2.33. The number of sulfonamides is 1. The summed E-state index contributed by atoms with van der Waals surface area (Å²) in [6.07, 6.45) is 3.30. The Labute approximate surface area is 266 Å². The lowest BCUT2D eigenvalue weighted by atomic mass is 9.89. The number of carbonyl (C=O) groups is 1. The maximum Gasteiger partial charge on any atom is 0.410 e. The lowest BCUT2D eigenvalue weighted by Crippen LogP contribution is -2.41. The number of hydrogen-bond donors (Lipinski definition) is 2. The number of likely N-dealkylation sites (tertiary alicyclic amines) is 1. The summed E-state index contributed by atoms with van der Waals surface area (Å²) in [5.41, 5.74) is 8.14. The molecule has 0 atom stereocenters. The van der Waals surface area contributed by atoms with Crippen molar-refractivity contribution in [2.24, 2.45) is 0 Å². The zero-order valence-electron chi connectivity index (χ0n) is 25.7. The van der Waals surface area contributed by atoms with Crippen LogP contribution in [0.15, 0.2) is 54.7 Å². The first-order valence-corrected chi connectivity index (χ1v) is 17.3. The summed E-state index contributed by atoms with van der Waals surface area (Å²) in [4.78, 5) is 28.0. The van der Waals surface area contributed by atoms with Gasteiger partial charge in [-0.3, -0.25) is 4.72 Å². The van der Waals surface area contributed by atoms with E-state index in [2.05, 4.69) is 26.8 Å². The van der Waals surface area contributed by atoms with E-state index < -0.39 is 21.4 Å². The minimum Gasteiger partial charge on any atom is -0.444 e. The summed E-state index contributed by atoms with van der Waals surface area (Å²) in [7, 11) is -3.71. The molecule has 1 fully saturated rings. The zero-order chi connectivity index (χ0) is 32.4. The Kier molecular flexibility index (Phi) is 9.40. The fourth-order valence-electron chi connectivity index (χ4n) is 5.20. The summed E-state index contributed by atoms with van der Waals surface area (Å²) in [6, 6.07) is 14.3. The van der Waals surface area contributed by atoms with Crippen molar-refractivity contribution in [3.05, 3.63) is 66.1 Å². The van der Waals surface area contributed by atoms with Crippen molar-refractivity contribution in [1.29, 1.82) is 0 Å². The van der Waals surface area contributed by atoms with Gasteiger partial charge < -0.3 is 15.4 Å². The zero-order valence-corrected chi connectivity index (χ0v) is 27.3. The number of rotatable bonds is 8. The molecule has 238 valence electrons. The highest BCUT2D eigenvalue weighted by Gasteiger charge is 2.28. The molecule has 0 unspecified atom stereocenters. The van der Waals surface area contributed by atoms with E-state index in [0.29, 0.717) is 46.7 Å². The number of nitrogens with one attached hydrogen (secondary N) is 1. The molecule has 0 bridgehead atoms. The number of aromatic nitrogens is 3. The van der Waals surface area contributed by atoms with Crippen LogP contribution in [0.3, 0.4) is 0 Å².